The van der Waals surface area contributed by atoms with Gasteiger partial charge in [-0.15, -0.1) is 0 Å². The van der Waals surface area contributed by atoms with Crippen LogP contribution in [-0.2, 0) is 0 Å². The van der Waals surface area contributed by atoms with Crippen LogP contribution in [0.2, 0.25) is 0 Å². The Bertz CT molecular complexity index is 482. The maximum atomic E-state index is 3.90. The summed E-state index contributed by atoms with van der Waals surface area (Å²) < 4.78 is 0. The molecule has 2 nitrogen and oxygen atoms in total. The first-order chi connectivity index (χ1) is 10.4. The van der Waals surface area contributed by atoms with Gasteiger partial charge in [0, 0.05) is 29.1 Å². The quantitative estimate of drug-likeness (QED) is 0.822. The van der Waals surface area contributed by atoms with Crippen LogP contribution in [0, 0.1) is 0 Å². The third-order valence-electron chi connectivity index (χ3n) is 5.11. The Kier molecular flexibility index (Phi) is 4.35. The summed E-state index contributed by atoms with van der Waals surface area (Å²) in [4.78, 5) is 0. The van der Waals surface area contributed by atoms with Crippen molar-refractivity contribution < 1.29 is 0 Å². The Hall–Kier alpha value is -0.860. The number of hydrogen-bond donors (Lipinski definition) is 2. The Morgan fingerprint density at radius 2 is 1.82 bits per heavy atom. The van der Waals surface area contributed by atoms with Crippen molar-refractivity contribution in [1.29, 1.82) is 0 Å². The Morgan fingerprint density at radius 1 is 1.14 bits per heavy atom. The SMILES string of the molecule is CCCC1(NC(C)(C)C)CC(N[C@@H]2C[C@H]2c2ccccc2)C1. The first-order valence-corrected chi connectivity index (χ1v) is 9.01. The van der Waals surface area contributed by atoms with Gasteiger partial charge in [0.1, 0.15) is 0 Å². The summed E-state index contributed by atoms with van der Waals surface area (Å²) in [7, 11) is 0. The summed E-state index contributed by atoms with van der Waals surface area (Å²) in [6.07, 6.45) is 6.46. The van der Waals surface area contributed by atoms with E-state index in [9.17, 15) is 0 Å². The largest absolute Gasteiger partial charge is 0.310 e. The van der Waals surface area contributed by atoms with Crippen LogP contribution in [0.3, 0.4) is 0 Å². The van der Waals surface area contributed by atoms with Gasteiger partial charge in [0.2, 0.25) is 0 Å². The van der Waals surface area contributed by atoms with E-state index < -0.39 is 0 Å². The Morgan fingerprint density at radius 3 is 2.41 bits per heavy atom. The molecule has 22 heavy (non-hydrogen) atoms. The molecule has 0 radical (unpaired) electrons. The summed E-state index contributed by atoms with van der Waals surface area (Å²) in [6, 6.07) is 12.4. The molecule has 1 aromatic rings. The molecule has 1 aromatic carbocycles. The molecule has 2 N–H and O–H groups in total. The lowest BCUT2D eigenvalue weighted by Gasteiger charge is -2.52. The van der Waals surface area contributed by atoms with Crippen molar-refractivity contribution in [2.24, 2.45) is 0 Å². The summed E-state index contributed by atoms with van der Waals surface area (Å²) in [6.45, 7) is 9.17. The van der Waals surface area contributed by atoms with E-state index in [2.05, 4.69) is 68.7 Å². The van der Waals surface area contributed by atoms with Crippen LogP contribution >= 0.6 is 0 Å². The number of rotatable bonds is 6. The fourth-order valence-electron chi connectivity index (χ4n) is 4.39. The lowest BCUT2D eigenvalue weighted by atomic mass is 9.68. The fourth-order valence-corrected chi connectivity index (χ4v) is 4.39. The van der Waals surface area contributed by atoms with Crippen LogP contribution in [0.4, 0.5) is 0 Å². The average Bonchev–Trinajstić information content (AvgIpc) is 3.16. The molecule has 2 fully saturated rings. The molecule has 0 saturated heterocycles. The van der Waals surface area contributed by atoms with Gasteiger partial charge in [-0.1, -0.05) is 43.7 Å². The normalized spacial score (nSPS) is 34.3. The van der Waals surface area contributed by atoms with Crippen LogP contribution in [0.15, 0.2) is 30.3 Å². The van der Waals surface area contributed by atoms with E-state index in [0.717, 1.165) is 5.92 Å². The average molecular weight is 300 g/mol. The van der Waals surface area contributed by atoms with Gasteiger partial charge < -0.3 is 10.6 Å². The highest BCUT2D eigenvalue weighted by Crippen LogP contribution is 2.44. The van der Waals surface area contributed by atoms with E-state index in [0.29, 0.717) is 17.6 Å². The maximum absolute atomic E-state index is 3.90. The molecular weight excluding hydrogens is 268 g/mol. The third-order valence-corrected chi connectivity index (χ3v) is 5.11. The molecule has 0 bridgehead atoms. The van der Waals surface area contributed by atoms with Crippen molar-refractivity contribution in [3.05, 3.63) is 35.9 Å². The molecule has 2 aliphatic rings. The molecule has 3 rings (SSSR count). The van der Waals surface area contributed by atoms with E-state index in [-0.39, 0.29) is 5.54 Å². The monoisotopic (exact) mass is 300 g/mol. The highest BCUT2D eigenvalue weighted by atomic mass is 15.1. The van der Waals surface area contributed by atoms with Gasteiger partial charge in [-0.3, -0.25) is 0 Å². The summed E-state index contributed by atoms with van der Waals surface area (Å²) in [5.74, 6) is 0.748. The minimum atomic E-state index is 0.215. The van der Waals surface area contributed by atoms with Crippen molar-refractivity contribution >= 4 is 0 Å². The highest BCUT2D eigenvalue weighted by Gasteiger charge is 2.48. The standard InChI is InChI=1S/C20H32N2/c1-5-11-20(22-19(2,3)4)13-16(14-20)21-18-12-17(18)15-9-7-6-8-10-15/h6-10,16-18,21-22H,5,11-14H2,1-4H3/t16?,17-,18+,20?/m0/s1. The van der Waals surface area contributed by atoms with E-state index >= 15 is 0 Å². The zero-order chi connectivity index (χ0) is 15.8. The molecule has 2 aliphatic carbocycles. The van der Waals surface area contributed by atoms with Crippen molar-refractivity contribution in [1.82, 2.24) is 10.6 Å². The van der Waals surface area contributed by atoms with Gasteiger partial charge in [0.25, 0.3) is 0 Å². The van der Waals surface area contributed by atoms with Crippen LogP contribution in [0.1, 0.15) is 71.3 Å². The van der Waals surface area contributed by atoms with E-state index in [4.69, 9.17) is 0 Å². The molecule has 0 unspecified atom stereocenters. The van der Waals surface area contributed by atoms with Gasteiger partial charge in [-0.2, -0.15) is 0 Å². The van der Waals surface area contributed by atoms with Crippen molar-refractivity contribution in [2.45, 2.75) is 88.9 Å². The Balaban J connectivity index is 1.49. The smallest absolute Gasteiger partial charge is 0.0215 e. The fraction of sp³-hybridized carbons (Fsp3) is 0.700. The van der Waals surface area contributed by atoms with Gasteiger partial charge in [0.15, 0.2) is 0 Å². The first kappa shape index (κ1) is 16.0. The molecule has 122 valence electrons. The predicted octanol–water partition coefficient (Wildman–Crippen LogP) is 4.22. The van der Waals surface area contributed by atoms with Crippen molar-refractivity contribution in [3.63, 3.8) is 0 Å². The lowest BCUT2D eigenvalue weighted by molar-refractivity contribution is 0.0863. The minimum Gasteiger partial charge on any atom is -0.310 e. The molecule has 0 aliphatic heterocycles. The second-order valence-corrected chi connectivity index (χ2v) is 8.54. The third kappa shape index (κ3) is 3.72. The Labute approximate surface area is 136 Å². The maximum Gasteiger partial charge on any atom is 0.0215 e. The van der Waals surface area contributed by atoms with E-state index in [1.165, 1.54) is 37.7 Å². The van der Waals surface area contributed by atoms with E-state index in [1.54, 1.807) is 0 Å². The lowest BCUT2D eigenvalue weighted by Crippen LogP contribution is -2.65. The van der Waals surface area contributed by atoms with Crippen LogP contribution < -0.4 is 10.6 Å². The van der Waals surface area contributed by atoms with Gasteiger partial charge in [0.05, 0.1) is 0 Å². The van der Waals surface area contributed by atoms with Gasteiger partial charge in [-0.05, 0) is 52.0 Å². The van der Waals surface area contributed by atoms with Gasteiger partial charge in [-0.25, -0.2) is 0 Å². The van der Waals surface area contributed by atoms with E-state index in [1.807, 2.05) is 0 Å². The summed E-state index contributed by atoms with van der Waals surface area (Å²) in [5, 5.41) is 7.79. The molecule has 0 spiro atoms. The molecule has 2 atom stereocenters. The molecule has 2 heteroatoms. The number of benzene rings is 1. The molecular formula is C20H32N2. The van der Waals surface area contributed by atoms with Gasteiger partial charge >= 0.3 is 0 Å². The number of hydrogen-bond acceptors (Lipinski definition) is 2. The molecule has 0 heterocycles. The minimum absolute atomic E-state index is 0.215. The predicted molar refractivity (Wildman–Crippen MR) is 94.3 cm³/mol. The van der Waals surface area contributed by atoms with Crippen LogP contribution in [-0.4, -0.2) is 23.2 Å². The second-order valence-electron chi connectivity index (χ2n) is 8.54. The molecule has 2 saturated carbocycles. The molecule has 0 amide bonds. The topological polar surface area (TPSA) is 24.1 Å². The van der Waals surface area contributed by atoms with Crippen LogP contribution in [0.5, 0.6) is 0 Å². The second kappa shape index (κ2) is 5.98. The van der Waals surface area contributed by atoms with Crippen LogP contribution in [0.25, 0.3) is 0 Å². The van der Waals surface area contributed by atoms with Crippen molar-refractivity contribution in [3.8, 4) is 0 Å². The zero-order valence-electron chi connectivity index (χ0n) is 14.7. The summed E-state index contributed by atoms with van der Waals surface area (Å²) in [5.41, 5.74) is 2.10. The number of nitrogens with one attached hydrogen (secondary N) is 2. The highest BCUT2D eigenvalue weighted by molar-refractivity contribution is 5.28. The first-order valence-electron chi connectivity index (χ1n) is 9.01. The summed E-state index contributed by atoms with van der Waals surface area (Å²) >= 11 is 0. The zero-order valence-corrected chi connectivity index (χ0v) is 14.7. The molecule has 0 aromatic heterocycles. The van der Waals surface area contributed by atoms with Crippen molar-refractivity contribution in [2.75, 3.05) is 0 Å².